The maximum Gasteiger partial charge on any atom is 0.230 e. The number of rotatable bonds is 4. The lowest BCUT2D eigenvalue weighted by Crippen LogP contribution is -2.11. The molecule has 0 aromatic heterocycles. The fourth-order valence-electron chi connectivity index (χ4n) is 1.58. The van der Waals surface area contributed by atoms with Crippen LogP contribution in [-0.2, 0) is 4.57 Å². The lowest BCUT2D eigenvalue weighted by Gasteiger charge is -2.13. The first-order valence-electron chi connectivity index (χ1n) is 4.98. The topological polar surface area (TPSA) is 37.3 Å². The van der Waals surface area contributed by atoms with E-state index in [2.05, 4.69) is 6.58 Å². The van der Waals surface area contributed by atoms with Crippen LogP contribution in [0.3, 0.4) is 0 Å². The second-order valence-corrected chi connectivity index (χ2v) is 6.12. The standard InChI is InChI=1S/C12H17O2P/c1-4-5-8-15(13,14)12-7-6-10(2)9-11(12)3/h4,6-7,9H,1,5,8H2,2-3H3,(H,13,14). The predicted molar refractivity (Wildman–Crippen MR) is 65.1 cm³/mol. The minimum absolute atomic E-state index is 0.278. The molecule has 0 aliphatic rings. The molecule has 0 radical (unpaired) electrons. The molecule has 0 aliphatic carbocycles. The summed E-state index contributed by atoms with van der Waals surface area (Å²) >= 11 is 0. The molecule has 2 nitrogen and oxygen atoms in total. The molecule has 0 saturated carbocycles. The molecule has 0 heterocycles. The van der Waals surface area contributed by atoms with Gasteiger partial charge in [0.1, 0.15) is 0 Å². The zero-order valence-corrected chi connectivity index (χ0v) is 10.1. The van der Waals surface area contributed by atoms with Crippen molar-refractivity contribution >= 4 is 12.7 Å². The Bertz CT molecular complexity index is 410. The van der Waals surface area contributed by atoms with Crippen LogP contribution in [0, 0.1) is 13.8 Å². The minimum atomic E-state index is -3.19. The molecule has 0 amide bonds. The van der Waals surface area contributed by atoms with Gasteiger partial charge in [0.15, 0.2) is 0 Å². The Balaban J connectivity index is 3.04. The van der Waals surface area contributed by atoms with Crippen LogP contribution in [0.15, 0.2) is 30.9 Å². The summed E-state index contributed by atoms with van der Waals surface area (Å²) in [7, 11) is -3.19. The van der Waals surface area contributed by atoms with Crippen molar-refractivity contribution in [3.05, 3.63) is 42.0 Å². The first kappa shape index (κ1) is 12.2. The summed E-state index contributed by atoms with van der Waals surface area (Å²) in [6.45, 7) is 7.41. The summed E-state index contributed by atoms with van der Waals surface area (Å²) in [4.78, 5) is 9.90. The van der Waals surface area contributed by atoms with Crippen LogP contribution in [0.4, 0.5) is 0 Å². The summed E-state index contributed by atoms with van der Waals surface area (Å²) < 4.78 is 12.0. The molecule has 1 aromatic rings. The van der Waals surface area contributed by atoms with E-state index in [4.69, 9.17) is 0 Å². The van der Waals surface area contributed by atoms with E-state index in [0.717, 1.165) is 11.1 Å². The summed E-state index contributed by atoms with van der Waals surface area (Å²) in [6.07, 6.45) is 2.52. The highest BCUT2D eigenvalue weighted by atomic mass is 31.2. The van der Waals surface area contributed by atoms with Crippen molar-refractivity contribution in [2.45, 2.75) is 20.3 Å². The van der Waals surface area contributed by atoms with Gasteiger partial charge in [-0.2, -0.15) is 0 Å². The zero-order chi connectivity index (χ0) is 11.5. The Morgan fingerprint density at radius 2 is 2.13 bits per heavy atom. The van der Waals surface area contributed by atoms with E-state index in [1.165, 1.54) is 0 Å². The van der Waals surface area contributed by atoms with Crippen LogP contribution >= 0.6 is 7.37 Å². The van der Waals surface area contributed by atoms with E-state index >= 15 is 0 Å². The van der Waals surface area contributed by atoms with E-state index in [9.17, 15) is 9.46 Å². The van der Waals surface area contributed by atoms with Gasteiger partial charge in [0, 0.05) is 11.5 Å². The fourth-order valence-corrected chi connectivity index (χ4v) is 3.28. The van der Waals surface area contributed by atoms with Crippen LogP contribution in [0.1, 0.15) is 17.5 Å². The molecule has 15 heavy (non-hydrogen) atoms. The summed E-state index contributed by atoms with van der Waals surface area (Å²) in [6, 6.07) is 5.57. The van der Waals surface area contributed by atoms with Gasteiger partial charge in [-0.15, -0.1) is 6.58 Å². The monoisotopic (exact) mass is 224 g/mol. The molecule has 0 bridgehead atoms. The van der Waals surface area contributed by atoms with E-state index in [1.807, 2.05) is 26.0 Å². The normalized spacial score (nSPS) is 14.6. The second kappa shape index (κ2) is 4.78. The smallest absolute Gasteiger partial charge is 0.230 e. The molecule has 0 spiro atoms. The van der Waals surface area contributed by atoms with Crippen molar-refractivity contribution in [3.8, 4) is 0 Å². The first-order chi connectivity index (χ1) is 6.97. The largest absolute Gasteiger partial charge is 0.341 e. The van der Waals surface area contributed by atoms with Crippen molar-refractivity contribution in [2.75, 3.05) is 6.16 Å². The average molecular weight is 224 g/mol. The van der Waals surface area contributed by atoms with Gasteiger partial charge in [-0.3, -0.25) is 4.57 Å². The molecule has 3 heteroatoms. The van der Waals surface area contributed by atoms with Gasteiger partial charge in [-0.1, -0.05) is 23.8 Å². The van der Waals surface area contributed by atoms with Crippen LogP contribution in [0.25, 0.3) is 0 Å². The van der Waals surface area contributed by atoms with Gasteiger partial charge < -0.3 is 4.89 Å². The Kier molecular flexibility index (Phi) is 3.90. The van der Waals surface area contributed by atoms with Crippen molar-refractivity contribution in [1.29, 1.82) is 0 Å². The van der Waals surface area contributed by atoms with Crippen molar-refractivity contribution in [1.82, 2.24) is 0 Å². The number of allylic oxidation sites excluding steroid dienone is 1. The van der Waals surface area contributed by atoms with E-state index < -0.39 is 7.37 Å². The molecule has 0 aliphatic heterocycles. The molecule has 82 valence electrons. The maximum atomic E-state index is 12.0. The second-order valence-electron chi connectivity index (χ2n) is 3.79. The third kappa shape index (κ3) is 3.05. The van der Waals surface area contributed by atoms with Crippen molar-refractivity contribution in [2.24, 2.45) is 0 Å². The SMILES string of the molecule is C=CCCP(=O)(O)c1ccc(C)cc1C. The predicted octanol–water partition coefficient (Wildman–Crippen LogP) is 2.78. The number of benzene rings is 1. The van der Waals surface area contributed by atoms with Crippen LogP contribution in [0.5, 0.6) is 0 Å². The highest BCUT2D eigenvalue weighted by Crippen LogP contribution is 2.41. The van der Waals surface area contributed by atoms with Crippen LogP contribution < -0.4 is 5.30 Å². The lowest BCUT2D eigenvalue weighted by molar-refractivity contribution is 0.489. The molecular weight excluding hydrogens is 207 g/mol. The van der Waals surface area contributed by atoms with E-state index in [0.29, 0.717) is 11.7 Å². The molecule has 0 saturated heterocycles. The molecule has 0 fully saturated rings. The van der Waals surface area contributed by atoms with Crippen molar-refractivity contribution < 1.29 is 9.46 Å². The number of hydrogen-bond acceptors (Lipinski definition) is 1. The van der Waals surface area contributed by atoms with E-state index in [1.54, 1.807) is 12.1 Å². The van der Waals surface area contributed by atoms with Gasteiger partial charge in [0.25, 0.3) is 0 Å². The summed E-state index contributed by atoms with van der Waals surface area (Å²) in [5, 5.41) is 0.579. The Morgan fingerprint density at radius 3 is 2.67 bits per heavy atom. The third-order valence-corrected chi connectivity index (χ3v) is 4.48. The Labute approximate surface area is 91.1 Å². The fraction of sp³-hybridized carbons (Fsp3) is 0.333. The summed E-state index contributed by atoms with van der Waals surface area (Å²) in [5.74, 6) is 0. The Morgan fingerprint density at radius 1 is 1.47 bits per heavy atom. The first-order valence-corrected chi connectivity index (χ1v) is 6.82. The third-order valence-electron chi connectivity index (χ3n) is 2.37. The highest BCUT2D eigenvalue weighted by molar-refractivity contribution is 7.66. The van der Waals surface area contributed by atoms with Gasteiger partial charge >= 0.3 is 0 Å². The molecule has 1 aromatic carbocycles. The number of aryl methyl sites for hydroxylation is 2. The summed E-state index contributed by atoms with van der Waals surface area (Å²) in [5.41, 5.74) is 2.00. The average Bonchev–Trinajstić information content (AvgIpc) is 2.14. The maximum absolute atomic E-state index is 12.0. The molecule has 1 rings (SSSR count). The quantitative estimate of drug-likeness (QED) is 0.630. The highest BCUT2D eigenvalue weighted by Gasteiger charge is 2.21. The van der Waals surface area contributed by atoms with Gasteiger partial charge in [-0.05, 0) is 31.9 Å². The van der Waals surface area contributed by atoms with Gasteiger partial charge in [0.05, 0.1) is 0 Å². The Hall–Kier alpha value is -0.850. The zero-order valence-electron chi connectivity index (χ0n) is 9.23. The molecule has 1 unspecified atom stereocenters. The van der Waals surface area contributed by atoms with Gasteiger partial charge in [-0.25, -0.2) is 0 Å². The molecule has 1 N–H and O–H groups in total. The molecule has 1 atom stereocenters. The van der Waals surface area contributed by atoms with Gasteiger partial charge in [0.2, 0.25) is 7.37 Å². The lowest BCUT2D eigenvalue weighted by atomic mass is 10.2. The molecular formula is C12H17O2P. The minimum Gasteiger partial charge on any atom is -0.341 e. The van der Waals surface area contributed by atoms with Crippen molar-refractivity contribution in [3.63, 3.8) is 0 Å². The van der Waals surface area contributed by atoms with Crippen LogP contribution in [0.2, 0.25) is 0 Å². The van der Waals surface area contributed by atoms with E-state index in [-0.39, 0.29) is 6.16 Å². The number of hydrogen-bond donors (Lipinski definition) is 1. The van der Waals surface area contributed by atoms with Crippen LogP contribution in [-0.4, -0.2) is 11.1 Å².